The Labute approximate surface area is 128 Å². The number of nitrogens with one attached hydrogen (secondary N) is 1. The van der Waals surface area contributed by atoms with Crippen LogP contribution in [0.1, 0.15) is 39.5 Å². The normalized spacial score (nSPS) is 31.3. The Morgan fingerprint density at radius 3 is 2.95 bits per heavy atom. The van der Waals surface area contributed by atoms with Crippen LogP contribution < -0.4 is 11.1 Å². The molecule has 0 aromatic carbocycles. The minimum absolute atomic E-state index is 0.101. The highest BCUT2D eigenvalue weighted by atomic mass is 16.5. The summed E-state index contributed by atoms with van der Waals surface area (Å²) < 4.78 is 5.77. The van der Waals surface area contributed by atoms with E-state index in [0.717, 1.165) is 51.9 Å². The summed E-state index contributed by atoms with van der Waals surface area (Å²) in [5.41, 5.74) is 5.96. The van der Waals surface area contributed by atoms with Crippen molar-refractivity contribution in [2.45, 2.75) is 51.7 Å². The number of carbonyl (C=O) groups is 1. The van der Waals surface area contributed by atoms with E-state index in [2.05, 4.69) is 24.1 Å². The highest BCUT2D eigenvalue weighted by Gasteiger charge is 2.27. The molecule has 3 atom stereocenters. The van der Waals surface area contributed by atoms with Crippen LogP contribution >= 0.6 is 0 Å². The van der Waals surface area contributed by atoms with Gasteiger partial charge in [0, 0.05) is 38.1 Å². The van der Waals surface area contributed by atoms with Crippen LogP contribution in [0, 0.1) is 11.8 Å². The molecule has 1 aliphatic heterocycles. The zero-order chi connectivity index (χ0) is 15.2. The van der Waals surface area contributed by atoms with E-state index in [1.165, 1.54) is 0 Å². The third kappa shape index (κ3) is 5.57. The number of amides is 1. The smallest absolute Gasteiger partial charge is 0.223 e. The van der Waals surface area contributed by atoms with Crippen molar-refractivity contribution in [3.8, 4) is 0 Å². The van der Waals surface area contributed by atoms with E-state index in [1.54, 1.807) is 0 Å². The van der Waals surface area contributed by atoms with Gasteiger partial charge in [-0.1, -0.05) is 20.3 Å². The minimum atomic E-state index is 0.101. The monoisotopic (exact) mass is 297 g/mol. The largest absolute Gasteiger partial charge is 0.374 e. The average molecular weight is 297 g/mol. The van der Waals surface area contributed by atoms with E-state index in [0.29, 0.717) is 12.5 Å². The standard InChI is InChI=1S/C16H31N3O2/c1-12(2)10-19-6-7-21-15(11-19)9-18-16(20)13-4-3-5-14(17)8-13/h12-15H,3-11,17H2,1-2H3,(H,18,20). The summed E-state index contributed by atoms with van der Waals surface area (Å²) in [6.45, 7) is 8.88. The number of nitrogens with zero attached hydrogens (tertiary/aromatic N) is 1. The van der Waals surface area contributed by atoms with Gasteiger partial charge in [0.25, 0.3) is 0 Å². The first-order valence-electron chi connectivity index (χ1n) is 8.42. The molecule has 0 aromatic heterocycles. The van der Waals surface area contributed by atoms with Crippen molar-refractivity contribution in [2.24, 2.45) is 17.6 Å². The lowest BCUT2D eigenvalue weighted by Gasteiger charge is -2.34. The molecule has 3 unspecified atom stereocenters. The van der Waals surface area contributed by atoms with Gasteiger partial charge < -0.3 is 15.8 Å². The summed E-state index contributed by atoms with van der Waals surface area (Å²) >= 11 is 0. The van der Waals surface area contributed by atoms with Crippen LogP contribution in [0.5, 0.6) is 0 Å². The van der Waals surface area contributed by atoms with E-state index in [1.807, 2.05) is 0 Å². The third-order valence-electron chi connectivity index (χ3n) is 4.44. The van der Waals surface area contributed by atoms with E-state index in [9.17, 15) is 4.79 Å². The van der Waals surface area contributed by atoms with Crippen molar-refractivity contribution < 1.29 is 9.53 Å². The predicted molar refractivity (Wildman–Crippen MR) is 84.0 cm³/mol. The van der Waals surface area contributed by atoms with Gasteiger partial charge in [-0.3, -0.25) is 9.69 Å². The highest BCUT2D eigenvalue weighted by Crippen LogP contribution is 2.23. The zero-order valence-electron chi connectivity index (χ0n) is 13.5. The number of carbonyl (C=O) groups excluding carboxylic acids is 1. The van der Waals surface area contributed by atoms with Crippen LogP contribution in [0.2, 0.25) is 0 Å². The molecule has 0 bridgehead atoms. The fourth-order valence-corrected chi connectivity index (χ4v) is 3.41. The average Bonchev–Trinajstić information content (AvgIpc) is 2.44. The number of rotatable bonds is 5. The summed E-state index contributed by atoms with van der Waals surface area (Å²) in [5, 5.41) is 3.07. The second kappa shape index (κ2) is 8.11. The molecule has 122 valence electrons. The van der Waals surface area contributed by atoms with Crippen LogP contribution in [0.25, 0.3) is 0 Å². The van der Waals surface area contributed by atoms with Crippen molar-refractivity contribution in [2.75, 3.05) is 32.8 Å². The fourth-order valence-electron chi connectivity index (χ4n) is 3.41. The Balaban J connectivity index is 1.70. The molecule has 5 nitrogen and oxygen atoms in total. The van der Waals surface area contributed by atoms with Gasteiger partial charge in [-0.2, -0.15) is 0 Å². The zero-order valence-corrected chi connectivity index (χ0v) is 13.5. The predicted octanol–water partition coefficient (Wildman–Crippen LogP) is 0.977. The van der Waals surface area contributed by atoms with Gasteiger partial charge in [0.15, 0.2) is 0 Å². The maximum atomic E-state index is 12.2. The number of hydrogen-bond donors (Lipinski definition) is 2. The molecule has 0 radical (unpaired) electrons. The molecule has 2 fully saturated rings. The Morgan fingerprint density at radius 2 is 2.24 bits per heavy atom. The molecular formula is C16H31N3O2. The molecule has 2 rings (SSSR count). The Bertz CT molecular complexity index is 335. The van der Waals surface area contributed by atoms with Crippen LogP contribution in [0.4, 0.5) is 0 Å². The van der Waals surface area contributed by atoms with Gasteiger partial charge in [0.1, 0.15) is 0 Å². The maximum Gasteiger partial charge on any atom is 0.223 e. The molecule has 1 saturated heterocycles. The Hall–Kier alpha value is -0.650. The van der Waals surface area contributed by atoms with E-state index in [-0.39, 0.29) is 24.0 Å². The molecule has 1 aliphatic carbocycles. The lowest BCUT2D eigenvalue weighted by molar-refractivity contribution is -0.127. The molecule has 1 heterocycles. The van der Waals surface area contributed by atoms with Crippen LogP contribution in [-0.4, -0.2) is 55.7 Å². The first-order chi connectivity index (χ1) is 10.0. The molecule has 21 heavy (non-hydrogen) atoms. The van der Waals surface area contributed by atoms with Gasteiger partial charge in [-0.25, -0.2) is 0 Å². The van der Waals surface area contributed by atoms with Crippen LogP contribution in [-0.2, 0) is 9.53 Å². The van der Waals surface area contributed by atoms with Crippen molar-refractivity contribution in [3.63, 3.8) is 0 Å². The molecule has 2 aliphatic rings. The maximum absolute atomic E-state index is 12.2. The van der Waals surface area contributed by atoms with Crippen molar-refractivity contribution in [1.29, 1.82) is 0 Å². The molecule has 5 heteroatoms. The number of hydrogen-bond acceptors (Lipinski definition) is 4. The lowest BCUT2D eigenvalue weighted by atomic mass is 9.85. The summed E-state index contributed by atoms with van der Waals surface area (Å²) in [6, 6.07) is 0.196. The van der Waals surface area contributed by atoms with Crippen molar-refractivity contribution in [1.82, 2.24) is 10.2 Å². The Morgan fingerprint density at radius 1 is 1.43 bits per heavy atom. The summed E-state index contributed by atoms with van der Waals surface area (Å²) in [4.78, 5) is 14.6. The summed E-state index contributed by atoms with van der Waals surface area (Å²) in [5.74, 6) is 0.931. The van der Waals surface area contributed by atoms with Crippen LogP contribution in [0.15, 0.2) is 0 Å². The molecule has 1 amide bonds. The molecule has 0 spiro atoms. The molecule has 3 N–H and O–H groups in total. The quantitative estimate of drug-likeness (QED) is 0.794. The summed E-state index contributed by atoms with van der Waals surface area (Å²) in [7, 11) is 0. The summed E-state index contributed by atoms with van der Waals surface area (Å²) in [6.07, 6.45) is 4.06. The Kier molecular flexibility index (Phi) is 6.45. The number of ether oxygens (including phenoxy) is 1. The SMILES string of the molecule is CC(C)CN1CCOC(CNC(=O)C2CCCC(N)C2)C1. The van der Waals surface area contributed by atoms with Crippen LogP contribution in [0.3, 0.4) is 0 Å². The minimum Gasteiger partial charge on any atom is -0.374 e. The third-order valence-corrected chi connectivity index (χ3v) is 4.44. The molecular weight excluding hydrogens is 266 g/mol. The van der Waals surface area contributed by atoms with E-state index < -0.39 is 0 Å². The first kappa shape index (κ1) is 16.7. The van der Waals surface area contributed by atoms with Gasteiger partial charge in [0.2, 0.25) is 5.91 Å². The topological polar surface area (TPSA) is 67.6 Å². The van der Waals surface area contributed by atoms with Gasteiger partial charge in [-0.15, -0.1) is 0 Å². The lowest BCUT2D eigenvalue weighted by Crippen LogP contribution is -2.49. The second-order valence-corrected chi connectivity index (χ2v) is 7.01. The second-order valence-electron chi connectivity index (χ2n) is 7.01. The van der Waals surface area contributed by atoms with Gasteiger partial charge in [-0.05, 0) is 25.2 Å². The number of nitrogens with two attached hydrogens (primary N) is 1. The molecule has 0 aromatic rings. The fraction of sp³-hybridized carbons (Fsp3) is 0.938. The highest BCUT2D eigenvalue weighted by molar-refractivity contribution is 5.78. The van der Waals surface area contributed by atoms with E-state index in [4.69, 9.17) is 10.5 Å². The number of morpholine rings is 1. The van der Waals surface area contributed by atoms with Gasteiger partial charge >= 0.3 is 0 Å². The first-order valence-corrected chi connectivity index (χ1v) is 8.42. The van der Waals surface area contributed by atoms with Crippen molar-refractivity contribution >= 4 is 5.91 Å². The molecule has 1 saturated carbocycles. The van der Waals surface area contributed by atoms with Gasteiger partial charge in [0.05, 0.1) is 12.7 Å². The van der Waals surface area contributed by atoms with Crippen molar-refractivity contribution in [3.05, 3.63) is 0 Å². The van der Waals surface area contributed by atoms with E-state index >= 15 is 0 Å².